The molecule has 7 nitrogen and oxygen atoms in total. The van der Waals surface area contributed by atoms with E-state index in [1.54, 1.807) is 30.6 Å². The smallest absolute Gasteiger partial charge is 0.408 e. The molecule has 148 valence electrons. The zero-order valence-electron chi connectivity index (χ0n) is 16.0. The number of carbonyl (C=O) groups is 3. The van der Waals surface area contributed by atoms with Crippen molar-refractivity contribution < 1.29 is 19.1 Å². The minimum atomic E-state index is -0.612. The molecule has 27 heavy (non-hydrogen) atoms. The lowest BCUT2D eigenvalue weighted by molar-refractivity contribution is -0.138. The Hall–Kier alpha value is -2.09. The van der Waals surface area contributed by atoms with E-state index in [1.165, 1.54) is 0 Å². The molecular weight excluding hydrogens is 414 g/mol. The topological polar surface area (TPSA) is 79.0 Å². The fraction of sp³-hybridized carbons (Fsp3) is 0.526. The quantitative estimate of drug-likeness (QED) is 0.779. The molecule has 0 bridgehead atoms. The van der Waals surface area contributed by atoms with Gasteiger partial charge in [0.2, 0.25) is 11.8 Å². The second-order valence-corrected chi connectivity index (χ2v) is 8.34. The van der Waals surface area contributed by atoms with Crippen LogP contribution in [0.15, 0.2) is 28.7 Å². The molecule has 0 radical (unpaired) electrons. The Kier molecular flexibility index (Phi) is 7.24. The van der Waals surface area contributed by atoms with Crippen molar-refractivity contribution in [3.63, 3.8) is 0 Å². The van der Waals surface area contributed by atoms with Crippen LogP contribution in [0.5, 0.6) is 0 Å². The van der Waals surface area contributed by atoms with E-state index in [9.17, 15) is 14.4 Å². The van der Waals surface area contributed by atoms with Gasteiger partial charge in [0, 0.05) is 30.7 Å². The fourth-order valence-corrected chi connectivity index (χ4v) is 2.93. The molecule has 0 atom stereocenters. The second-order valence-electron chi connectivity index (χ2n) is 7.42. The van der Waals surface area contributed by atoms with Crippen LogP contribution in [-0.4, -0.2) is 66.0 Å². The first-order valence-electron chi connectivity index (χ1n) is 8.91. The lowest BCUT2D eigenvalue weighted by Gasteiger charge is -2.35. The van der Waals surface area contributed by atoms with Crippen molar-refractivity contribution in [3.8, 4) is 0 Å². The van der Waals surface area contributed by atoms with Gasteiger partial charge in [0.05, 0.1) is 6.42 Å². The standard InChI is InChI=1S/C19H26BrN3O4/c1-19(2,3)27-18(26)21-13-17(25)23-10-8-22(9-11-23)16(24)12-14-4-6-15(20)7-5-14/h4-7H,8-13H2,1-3H3,(H,21,26). The summed E-state index contributed by atoms with van der Waals surface area (Å²) < 4.78 is 6.09. The first-order valence-corrected chi connectivity index (χ1v) is 9.70. The molecular formula is C19H26BrN3O4. The van der Waals surface area contributed by atoms with Crippen LogP contribution in [0.3, 0.4) is 0 Å². The van der Waals surface area contributed by atoms with Crippen LogP contribution in [-0.2, 0) is 20.7 Å². The summed E-state index contributed by atoms with van der Waals surface area (Å²) in [5.41, 5.74) is 0.358. The van der Waals surface area contributed by atoms with Crippen molar-refractivity contribution in [2.45, 2.75) is 32.8 Å². The van der Waals surface area contributed by atoms with Crippen molar-refractivity contribution in [2.24, 2.45) is 0 Å². The molecule has 0 aromatic heterocycles. The van der Waals surface area contributed by atoms with Gasteiger partial charge in [0.1, 0.15) is 12.1 Å². The molecule has 1 fully saturated rings. The van der Waals surface area contributed by atoms with E-state index in [4.69, 9.17) is 4.74 Å². The van der Waals surface area contributed by atoms with Crippen LogP contribution in [0.1, 0.15) is 26.3 Å². The van der Waals surface area contributed by atoms with Gasteiger partial charge in [-0.3, -0.25) is 9.59 Å². The zero-order valence-corrected chi connectivity index (χ0v) is 17.5. The highest BCUT2D eigenvalue weighted by Gasteiger charge is 2.25. The van der Waals surface area contributed by atoms with Crippen LogP contribution in [0, 0.1) is 0 Å². The molecule has 1 aromatic rings. The van der Waals surface area contributed by atoms with Crippen LogP contribution in [0.4, 0.5) is 4.79 Å². The third-order valence-electron chi connectivity index (χ3n) is 4.04. The van der Waals surface area contributed by atoms with Crippen molar-refractivity contribution >= 4 is 33.8 Å². The molecule has 1 heterocycles. The molecule has 0 saturated carbocycles. The van der Waals surface area contributed by atoms with Gasteiger partial charge in [0.25, 0.3) is 0 Å². The van der Waals surface area contributed by atoms with Gasteiger partial charge in [-0.15, -0.1) is 0 Å². The average Bonchev–Trinajstić information content (AvgIpc) is 2.60. The molecule has 1 aromatic carbocycles. The number of ether oxygens (including phenoxy) is 1. The number of hydrogen-bond acceptors (Lipinski definition) is 4. The monoisotopic (exact) mass is 439 g/mol. The Morgan fingerprint density at radius 3 is 2.04 bits per heavy atom. The predicted octanol–water partition coefficient (Wildman–Crippen LogP) is 2.19. The summed E-state index contributed by atoms with van der Waals surface area (Å²) in [6.45, 7) is 7.08. The number of hydrogen-bond donors (Lipinski definition) is 1. The van der Waals surface area contributed by atoms with E-state index in [1.807, 2.05) is 24.3 Å². The zero-order chi connectivity index (χ0) is 20.0. The Labute approximate surface area is 168 Å². The number of alkyl carbamates (subject to hydrolysis) is 1. The fourth-order valence-electron chi connectivity index (χ4n) is 2.67. The van der Waals surface area contributed by atoms with Crippen LogP contribution < -0.4 is 5.32 Å². The lowest BCUT2D eigenvalue weighted by Crippen LogP contribution is -2.53. The van der Waals surface area contributed by atoms with Crippen LogP contribution in [0.2, 0.25) is 0 Å². The lowest BCUT2D eigenvalue weighted by atomic mass is 10.1. The predicted molar refractivity (Wildman–Crippen MR) is 105 cm³/mol. The maximum Gasteiger partial charge on any atom is 0.408 e. The average molecular weight is 440 g/mol. The summed E-state index contributed by atoms with van der Waals surface area (Å²) in [4.78, 5) is 39.7. The highest BCUT2D eigenvalue weighted by atomic mass is 79.9. The number of carbonyl (C=O) groups excluding carboxylic acids is 3. The van der Waals surface area contributed by atoms with E-state index >= 15 is 0 Å². The Morgan fingerprint density at radius 2 is 1.52 bits per heavy atom. The Bertz CT molecular complexity index is 677. The first kappa shape index (κ1) is 21.2. The Morgan fingerprint density at radius 1 is 1.00 bits per heavy atom. The van der Waals surface area contributed by atoms with Crippen molar-refractivity contribution in [3.05, 3.63) is 34.3 Å². The second kappa shape index (κ2) is 9.21. The number of nitrogens with zero attached hydrogens (tertiary/aromatic N) is 2. The summed E-state index contributed by atoms with van der Waals surface area (Å²) >= 11 is 3.38. The summed E-state index contributed by atoms with van der Waals surface area (Å²) in [6.07, 6.45) is -0.263. The summed E-state index contributed by atoms with van der Waals surface area (Å²) in [6, 6.07) is 7.67. The normalized spacial score (nSPS) is 14.7. The van der Waals surface area contributed by atoms with E-state index in [0.717, 1.165) is 10.0 Å². The molecule has 1 saturated heterocycles. The largest absolute Gasteiger partial charge is 0.444 e. The highest BCUT2D eigenvalue weighted by Crippen LogP contribution is 2.12. The number of halogens is 1. The molecule has 8 heteroatoms. The number of piperazine rings is 1. The van der Waals surface area contributed by atoms with Crippen LogP contribution >= 0.6 is 15.9 Å². The van der Waals surface area contributed by atoms with Crippen LogP contribution in [0.25, 0.3) is 0 Å². The third kappa shape index (κ3) is 7.21. The first-order chi connectivity index (χ1) is 12.6. The van der Waals surface area contributed by atoms with Gasteiger partial charge in [-0.05, 0) is 38.5 Å². The van der Waals surface area contributed by atoms with Gasteiger partial charge in [-0.2, -0.15) is 0 Å². The highest BCUT2D eigenvalue weighted by molar-refractivity contribution is 9.10. The van der Waals surface area contributed by atoms with Gasteiger partial charge in [-0.25, -0.2) is 4.79 Å². The molecule has 0 aliphatic carbocycles. The minimum Gasteiger partial charge on any atom is -0.444 e. The van der Waals surface area contributed by atoms with Gasteiger partial charge < -0.3 is 19.9 Å². The van der Waals surface area contributed by atoms with E-state index in [2.05, 4.69) is 21.2 Å². The molecule has 1 aliphatic heterocycles. The number of benzene rings is 1. The maximum atomic E-state index is 12.4. The Balaban J connectivity index is 1.74. The number of amides is 3. The van der Waals surface area contributed by atoms with Gasteiger partial charge in [0.15, 0.2) is 0 Å². The van der Waals surface area contributed by atoms with E-state index in [0.29, 0.717) is 32.6 Å². The van der Waals surface area contributed by atoms with Gasteiger partial charge >= 0.3 is 6.09 Å². The SMILES string of the molecule is CC(C)(C)OC(=O)NCC(=O)N1CCN(C(=O)Cc2ccc(Br)cc2)CC1. The van der Waals surface area contributed by atoms with E-state index in [-0.39, 0.29) is 18.4 Å². The molecule has 1 aliphatic rings. The summed E-state index contributed by atoms with van der Waals surface area (Å²) in [5.74, 6) is -0.128. The molecule has 0 spiro atoms. The van der Waals surface area contributed by atoms with Crippen molar-refractivity contribution in [1.29, 1.82) is 0 Å². The van der Waals surface area contributed by atoms with E-state index < -0.39 is 11.7 Å². The van der Waals surface area contributed by atoms with Crippen molar-refractivity contribution in [2.75, 3.05) is 32.7 Å². The molecule has 3 amide bonds. The van der Waals surface area contributed by atoms with Gasteiger partial charge in [-0.1, -0.05) is 28.1 Å². The molecule has 0 unspecified atom stereocenters. The summed E-state index contributed by atoms with van der Waals surface area (Å²) in [7, 11) is 0. The van der Waals surface area contributed by atoms with Crippen molar-refractivity contribution in [1.82, 2.24) is 15.1 Å². The molecule has 1 N–H and O–H groups in total. The third-order valence-corrected chi connectivity index (χ3v) is 4.57. The molecule has 2 rings (SSSR count). The number of rotatable bonds is 4. The summed E-state index contributed by atoms with van der Waals surface area (Å²) in [5, 5.41) is 2.47. The minimum absolute atomic E-state index is 0.0521. The maximum absolute atomic E-state index is 12.4. The number of nitrogens with one attached hydrogen (secondary N) is 1.